The minimum Gasteiger partial charge on any atom is -0.456 e. The molecule has 6 aliphatic heterocycles. The minimum atomic E-state index is -0.443. The van der Waals surface area contributed by atoms with Crippen molar-refractivity contribution in [2.24, 2.45) is 35.5 Å². The van der Waals surface area contributed by atoms with Crippen molar-refractivity contribution in [1.29, 1.82) is 0 Å². The van der Waals surface area contributed by atoms with Crippen molar-refractivity contribution < 1.29 is 19.4 Å². The van der Waals surface area contributed by atoms with Crippen LogP contribution in [0.4, 0.5) is 0 Å². The van der Waals surface area contributed by atoms with Crippen molar-refractivity contribution >= 4 is 44.6 Å². The molecule has 10 atom stereocenters. The molecule has 0 spiro atoms. The highest BCUT2D eigenvalue weighted by molar-refractivity contribution is 6.63. The number of aromatic nitrogens is 2. The van der Waals surface area contributed by atoms with Crippen molar-refractivity contribution in [3.05, 3.63) is 109 Å². The van der Waals surface area contributed by atoms with E-state index in [-0.39, 0.29) is 29.4 Å². The quantitative estimate of drug-likeness (QED) is 0.0806. The Kier molecular flexibility index (Phi) is 15.8. The first-order valence-corrected chi connectivity index (χ1v) is 24.6. The molecule has 9 heteroatoms. The van der Waals surface area contributed by atoms with E-state index in [4.69, 9.17) is 16.3 Å². The summed E-state index contributed by atoms with van der Waals surface area (Å²) in [6, 6.07) is 20.8. The van der Waals surface area contributed by atoms with Crippen molar-refractivity contribution in [2.75, 3.05) is 26.2 Å². The summed E-state index contributed by atoms with van der Waals surface area (Å²) >= 11 is 5.22. The summed E-state index contributed by atoms with van der Waals surface area (Å²) in [5.41, 5.74) is 4.04. The van der Waals surface area contributed by atoms with Gasteiger partial charge in [0.2, 0.25) is 5.24 Å². The summed E-state index contributed by atoms with van der Waals surface area (Å²) in [6.07, 6.45) is 25.4. The zero-order chi connectivity index (χ0) is 43.7. The summed E-state index contributed by atoms with van der Waals surface area (Å²) < 4.78 is 6.33. The number of para-hydroxylation sites is 2. The number of benzene rings is 2. The molecule has 8 heterocycles. The van der Waals surface area contributed by atoms with E-state index in [0.29, 0.717) is 42.4 Å². The molecular formula is C54H69ClN4O4. The number of pyridine rings is 2. The molecule has 2 saturated carbocycles. The van der Waals surface area contributed by atoms with E-state index in [9.17, 15) is 14.7 Å². The van der Waals surface area contributed by atoms with E-state index in [0.717, 1.165) is 90.7 Å². The van der Waals surface area contributed by atoms with Crippen LogP contribution in [0.1, 0.15) is 126 Å². The molecular weight excluding hydrogens is 804 g/mol. The second kappa shape index (κ2) is 21.8. The van der Waals surface area contributed by atoms with Gasteiger partial charge in [0.05, 0.1) is 23.2 Å². The van der Waals surface area contributed by atoms with E-state index < -0.39 is 6.10 Å². The highest BCUT2D eigenvalue weighted by Gasteiger charge is 2.45. The molecule has 0 amide bonds. The van der Waals surface area contributed by atoms with Crippen molar-refractivity contribution in [3.63, 3.8) is 0 Å². The van der Waals surface area contributed by atoms with E-state index in [1.807, 2.05) is 54.9 Å². The molecule has 4 bridgehead atoms. The van der Waals surface area contributed by atoms with Crippen LogP contribution >= 0.6 is 11.6 Å². The number of aliphatic hydroxyl groups is 1. The molecule has 4 aromatic rings. The molecule has 6 saturated heterocycles. The first kappa shape index (κ1) is 45.6. The molecule has 2 aliphatic carbocycles. The highest BCUT2D eigenvalue weighted by atomic mass is 35.5. The number of esters is 1. The predicted molar refractivity (Wildman–Crippen MR) is 254 cm³/mol. The van der Waals surface area contributed by atoms with Gasteiger partial charge in [-0.15, -0.1) is 13.2 Å². The number of halogens is 1. The van der Waals surface area contributed by atoms with Crippen LogP contribution in [0.3, 0.4) is 0 Å². The Morgan fingerprint density at radius 2 is 1.19 bits per heavy atom. The maximum atomic E-state index is 13.0. The lowest BCUT2D eigenvalue weighted by Crippen LogP contribution is -2.55. The van der Waals surface area contributed by atoms with Gasteiger partial charge in [0.1, 0.15) is 6.10 Å². The fourth-order valence-corrected chi connectivity index (χ4v) is 12.2. The molecule has 336 valence electrons. The Balaban J connectivity index is 0.000000147. The number of hydrogen-bond acceptors (Lipinski definition) is 8. The lowest BCUT2D eigenvalue weighted by molar-refractivity contribution is -0.157. The lowest BCUT2D eigenvalue weighted by Gasteiger charge is -2.51. The molecule has 2 aromatic carbocycles. The van der Waals surface area contributed by atoms with Crippen molar-refractivity contribution in [2.45, 2.75) is 127 Å². The summed E-state index contributed by atoms with van der Waals surface area (Å²) in [7, 11) is 0. The third-order valence-corrected chi connectivity index (χ3v) is 15.9. The summed E-state index contributed by atoms with van der Waals surface area (Å²) in [4.78, 5) is 37.3. The van der Waals surface area contributed by atoms with Crippen LogP contribution < -0.4 is 0 Å². The number of carbonyl (C=O) groups is 2. The van der Waals surface area contributed by atoms with Gasteiger partial charge in [-0.1, -0.05) is 99.9 Å². The molecule has 8 nitrogen and oxygen atoms in total. The van der Waals surface area contributed by atoms with Crippen LogP contribution in [-0.2, 0) is 14.3 Å². The van der Waals surface area contributed by atoms with Gasteiger partial charge in [0, 0.05) is 60.7 Å². The third kappa shape index (κ3) is 11.1. The number of hydrogen-bond donors (Lipinski definition) is 1. The predicted octanol–water partition coefficient (Wildman–Crippen LogP) is 11.6. The van der Waals surface area contributed by atoms with Gasteiger partial charge in [0.25, 0.3) is 0 Å². The zero-order valence-electron chi connectivity index (χ0n) is 37.3. The number of aliphatic hydroxyl groups excluding tert-OH is 1. The molecule has 2 aromatic heterocycles. The Morgan fingerprint density at radius 3 is 1.70 bits per heavy atom. The van der Waals surface area contributed by atoms with Crippen LogP contribution in [-0.4, -0.2) is 74.3 Å². The van der Waals surface area contributed by atoms with Gasteiger partial charge in [0.15, 0.2) is 0 Å². The topological polar surface area (TPSA) is 95.9 Å². The number of carbonyl (C=O) groups excluding carboxylic acids is 2. The molecule has 2 unspecified atom stereocenters. The van der Waals surface area contributed by atoms with Gasteiger partial charge in [-0.25, -0.2) is 0 Å². The Bertz CT molecular complexity index is 2160. The number of nitrogens with zero attached hydrogens (tertiary/aromatic N) is 4. The normalized spacial score (nSPS) is 28.7. The highest BCUT2D eigenvalue weighted by Crippen LogP contribution is 2.45. The second-order valence-corrected chi connectivity index (χ2v) is 19.8. The van der Waals surface area contributed by atoms with Crippen LogP contribution in [0.15, 0.2) is 98.4 Å². The lowest BCUT2D eigenvalue weighted by atomic mass is 9.73. The Labute approximate surface area is 380 Å². The Hall–Kier alpha value is -3.95. The maximum absolute atomic E-state index is 13.0. The van der Waals surface area contributed by atoms with Crippen LogP contribution in [0, 0.1) is 35.5 Å². The molecule has 0 radical (unpaired) electrons. The zero-order valence-corrected chi connectivity index (χ0v) is 38.0. The maximum Gasteiger partial charge on any atom is 0.306 e. The van der Waals surface area contributed by atoms with Gasteiger partial charge in [-0.3, -0.25) is 29.4 Å². The number of rotatable bonds is 13. The van der Waals surface area contributed by atoms with Crippen LogP contribution in [0.2, 0.25) is 0 Å². The van der Waals surface area contributed by atoms with E-state index in [1.165, 1.54) is 64.2 Å². The number of piperidine rings is 6. The molecule has 1 N–H and O–H groups in total. The average molecular weight is 874 g/mol. The van der Waals surface area contributed by atoms with Gasteiger partial charge < -0.3 is 9.84 Å². The first-order chi connectivity index (χ1) is 30.8. The molecule has 8 fully saturated rings. The molecule has 8 aliphatic rings. The fraction of sp³-hybridized carbons (Fsp3) is 0.556. The minimum absolute atomic E-state index is 0.0410. The van der Waals surface area contributed by atoms with Crippen molar-refractivity contribution in [3.8, 4) is 0 Å². The largest absolute Gasteiger partial charge is 0.456 e. The SMILES string of the molecule is C=C[C@H]1CN2CC[C@H]1C[C@H]2[C@H](O)c1ccnc2ccccc12.C=C[C@H]1CN2CC[C@H]1C[C@H]2[C@H](OC(=O)CCC1CCCC1)c1ccnc2ccccc12.O=C(Cl)CCC1CCCC1. The fourth-order valence-electron chi connectivity index (χ4n) is 12.1. The van der Waals surface area contributed by atoms with Crippen LogP contribution in [0.25, 0.3) is 21.8 Å². The smallest absolute Gasteiger partial charge is 0.306 e. The number of ether oxygens (including phenoxy) is 1. The van der Waals surface area contributed by atoms with Gasteiger partial charge in [-0.2, -0.15) is 0 Å². The van der Waals surface area contributed by atoms with E-state index in [2.05, 4.69) is 63.3 Å². The van der Waals surface area contributed by atoms with Crippen molar-refractivity contribution in [1.82, 2.24) is 19.8 Å². The molecule has 12 rings (SSSR count). The van der Waals surface area contributed by atoms with Gasteiger partial charge in [-0.05, 0) is 129 Å². The molecule has 63 heavy (non-hydrogen) atoms. The third-order valence-electron chi connectivity index (χ3n) is 15.7. The second-order valence-electron chi connectivity index (χ2n) is 19.4. The number of fused-ring (bicyclic) bond motifs is 8. The standard InChI is InChI=1S/C27H34N2O2.C19H22N2O.C8H13ClO/c1-2-20-18-29-16-14-21(20)17-25(29)27(31-26(30)12-11-19-7-3-4-8-19)23-13-15-28-24-10-6-5-9-22(23)24;1-2-13-12-21-10-8-14(13)11-18(21)19(22)16-7-9-20-17-6-4-3-5-15(16)17;9-8(10)6-5-7-3-1-2-4-7/h2,5-6,9-10,13,15,19-21,25,27H,1,3-4,7-8,11-12,14,16-18H2;2-7,9,13-14,18-19,22H,1,8,10-12H2;7H,1-6H2/t20-,21-,25-,27+;13-,14-,18-,19+;/m00./s1. The summed E-state index contributed by atoms with van der Waals surface area (Å²) in [5, 5.41) is 13.0. The van der Waals surface area contributed by atoms with Crippen LogP contribution in [0.5, 0.6) is 0 Å². The van der Waals surface area contributed by atoms with E-state index >= 15 is 0 Å². The van der Waals surface area contributed by atoms with Gasteiger partial charge >= 0.3 is 5.97 Å². The monoisotopic (exact) mass is 873 g/mol. The average Bonchev–Trinajstić information content (AvgIpc) is 4.08. The summed E-state index contributed by atoms with van der Waals surface area (Å²) in [5.74, 6) is 3.92. The summed E-state index contributed by atoms with van der Waals surface area (Å²) in [6.45, 7) is 12.3. The van der Waals surface area contributed by atoms with E-state index in [1.54, 1.807) is 0 Å². The first-order valence-electron chi connectivity index (χ1n) is 24.3. The Morgan fingerprint density at radius 1 is 0.698 bits per heavy atom.